The normalized spacial score (nSPS) is 17.4. The number of carbonyl (C=O) groups is 2. The van der Waals surface area contributed by atoms with Gasteiger partial charge in [0.15, 0.2) is 11.4 Å². The molecule has 0 spiro atoms. The summed E-state index contributed by atoms with van der Waals surface area (Å²) in [6.45, 7) is 4.16. The van der Waals surface area contributed by atoms with E-state index in [4.69, 9.17) is 0 Å². The van der Waals surface area contributed by atoms with E-state index in [0.29, 0.717) is 23.4 Å². The topological polar surface area (TPSA) is 57.6 Å². The number of hydrogen-bond acceptors (Lipinski definition) is 3. The molecule has 0 saturated carbocycles. The minimum absolute atomic E-state index is 0.245. The van der Waals surface area contributed by atoms with Crippen LogP contribution in [0.3, 0.4) is 0 Å². The maximum Gasteiger partial charge on any atom is 0.264 e. The molecule has 33 heavy (non-hydrogen) atoms. The number of para-hydroxylation sites is 1. The smallest absolute Gasteiger partial charge is 0.264 e. The predicted octanol–water partition coefficient (Wildman–Crippen LogP) is 5.46. The van der Waals surface area contributed by atoms with Crippen molar-refractivity contribution in [1.82, 2.24) is 0 Å². The molecule has 1 aliphatic heterocycles. The van der Waals surface area contributed by atoms with E-state index in [-0.39, 0.29) is 12.2 Å². The zero-order valence-electron chi connectivity index (χ0n) is 18.7. The van der Waals surface area contributed by atoms with Crippen LogP contribution in [0.5, 0.6) is 0 Å². The third kappa shape index (κ3) is 3.53. The molecule has 1 atom stereocenters. The fourth-order valence-electron chi connectivity index (χ4n) is 4.89. The molecular formula is C29H25NO3. The number of fused-ring (bicyclic) bond motifs is 2. The molecule has 0 bridgehead atoms. The lowest BCUT2D eigenvalue weighted by molar-refractivity contribution is -0.136. The first-order valence-corrected chi connectivity index (χ1v) is 11.1. The van der Waals surface area contributed by atoms with E-state index in [1.54, 1.807) is 23.1 Å². The number of anilines is 1. The highest BCUT2D eigenvalue weighted by Gasteiger charge is 2.50. The molecule has 0 aliphatic carbocycles. The number of hydrogen-bond donors (Lipinski definition) is 1. The maximum absolute atomic E-state index is 13.7. The van der Waals surface area contributed by atoms with E-state index < -0.39 is 11.5 Å². The van der Waals surface area contributed by atoms with Gasteiger partial charge in [-0.15, -0.1) is 0 Å². The summed E-state index contributed by atoms with van der Waals surface area (Å²) >= 11 is 0. The number of carbonyl (C=O) groups excluding carboxylic acids is 2. The van der Waals surface area contributed by atoms with Gasteiger partial charge in [-0.2, -0.15) is 0 Å². The van der Waals surface area contributed by atoms with Gasteiger partial charge in [-0.3, -0.25) is 9.59 Å². The van der Waals surface area contributed by atoms with Gasteiger partial charge in [0.2, 0.25) is 0 Å². The van der Waals surface area contributed by atoms with Crippen LogP contribution in [0.15, 0.2) is 84.9 Å². The van der Waals surface area contributed by atoms with Crippen LogP contribution in [-0.2, 0) is 16.9 Å². The Morgan fingerprint density at radius 1 is 0.909 bits per heavy atom. The first-order valence-electron chi connectivity index (χ1n) is 11.1. The molecule has 4 nitrogen and oxygen atoms in total. The SMILES string of the molecule is Cc1ccc(C(=O)C[C@]2(O)C(=O)N(Cc3cccc4ccccc34)c3ccccc32)c(C)c1. The minimum atomic E-state index is -1.89. The Hall–Kier alpha value is -3.76. The lowest BCUT2D eigenvalue weighted by Gasteiger charge is -2.23. The first kappa shape index (κ1) is 21.1. The van der Waals surface area contributed by atoms with Crippen LogP contribution < -0.4 is 4.90 Å². The number of ketones is 1. The Labute approximate surface area is 193 Å². The Balaban J connectivity index is 1.52. The largest absolute Gasteiger partial charge is 0.375 e. The van der Waals surface area contributed by atoms with Gasteiger partial charge in [-0.1, -0.05) is 84.4 Å². The molecule has 5 rings (SSSR count). The average molecular weight is 436 g/mol. The van der Waals surface area contributed by atoms with Gasteiger partial charge in [0, 0.05) is 11.1 Å². The summed E-state index contributed by atoms with van der Waals surface area (Å²) in [5, 5.41) is 13.8. The third-order valence-electron chi connectivity index (χ3n) is 6.55. The van der Waals surface area contributed by atoms with E-state index in [9.17, 15) is 14.7 Å². The van der Waals surface area contributed by atoms with Crippen LogP contribution in [-0.4, -0.2) is 16.8 Å². The summed E-state index contributed by atoms with van der Waals surface area (Å²) in [7, 11) is 0. The molecule has 0 aromatic heterocycles. The molecule has 4 heteroatoms. The van der Waals surface area contributed by atoms with E-state index >= 15 is 0 Å². The second kappa shape index (κ2) is 7.98. The zero-order chi connectivity index (χ0) is 23.2. The molecule has 0 fully saturated rings. The Kier molecular flexibility index (Phi) is 5.10. The monoisotopic (exact) mass is 435 g/mol. The number of aliphatic hydroxyl groups is 1. The molecule has 4 aromatic carbocycles. The van der Waals surface area contributed by atoms with Crippen molar-refractivity contribution in [2.75, 3.05) is 4.90 Å². The second-order valence-corrected chi connectivity index (χ2v) is 8.83. The minimum Gasteiger partial charge on any atom is -0.375 e. The van der Waals surface area contributed by atoms with Gasteiger partial charge in [0.1, 0.15) is 0 Å². The van der Waals surface area contributed by atoms with Gasteiger partial charge < -0.3 is 10.0 Å². The summed E-state index contributed by atoms with van der Waals surface area (Å²) in [4.78, 5) is 28.5. The van der Waals surface area contributed by atoms with Gasteiger partial charge in [-0.25, -0.2) is 0 Å². The van der Waals surface area contributed by atoms with Crippen molar-refractivity contribution in [3.63, 3.8) is 0 Å². The quantitative estimate of drug-likeness (QED) is 0.423. The maximum atomic E-state index is 13.7. The molecule has 0 radical (unpaired) electrons. The summed E-state index contributed by atoms with van der Waals surface area (Å²) in [5.74, 6) is -0.708. The summed E-state index contributed by atoms with van der Waals surface area (Å²) in [6.07, 6.45) is -0.293. The Bertz CT molecular complexity index is 1400. The lowest BCUT2D eigenvalue weighted by Crippen LogP contribution is -2.41. The van der Waals surface area contributed by atoms with Crippen LogP contribution in [0.25, 0.3) is 10.8 Å². The molecule has 1 amide bonds. The van der Waals surface area contributed by atoms with Gasteiger partial charge in [0.05, 0.1) is 18.7 Å². The Morgan fingerprint density at radius 2 is 1.64 bits per heavy atom. The van der Waals surface area contributed by atoms with Crippen LogP contribution in [0.1, 0.15) is 39.0 Å². The second-order valence-electron chi connectivity index (χ2n) is 8.83. The lowest BCUT2D eigenvalue weighted by atomic mass is 9.87. The zero-order valence-corrected chi connectivity index (χ0v) is 18.7. The molecule has 164 valence electrons. The summed E-state index contributed by atoms with van der Waals surface area (Å²) < 4.78 is 0. The number of aryl methyl sites for hydroxylation is 2. The number of nitrogens with zero attached hydrogens (tertiary/aromatic N) is 1. The molecule has 1 N–H and O–H groups in total. The highest BCUT2D eigenvalue weighted by atomic mass is 16.3. The van der Waals surface area contributed by atoms with Crippen molar-refractivity contribution < 1.29 is 14.7 Å². The number of benzene rings is 4. The van der Waals surface area contributed by atoms with E-state index in [1.807, 2.05) is 80.6 Å². The van der Waals surface area contributed by atoms with Crippen LogP contribution >= 0.6 is 0 Å². The first-order chi connectivity index (χ1) is 15.9. The Morgan fingerprint density at radius 3 is 2.45 bits per heavy atom. The highest BCUT2D eigenvalue weighted by molar-refractivity contribution is 6.11. The molecule has 1 aliphatic rings. The van der Waals surface area contributed by atoms with E-state index in [0.717, 1.165) is 27.5 Å². The number of amides is 1. The summed E-state index contributed by atoms with van der Waals surface area (Å²) in [5.41, 5.74) is 2.66. The fraction of sp³-hybridized carbons (Fsp3) is 0.172. The van der Waals surface area contributed by atoms with Crippen molar-refractivity contribution in [2.24, 2.45) is 0 Å². The fourth-order valence-corrected chi connectivity index (χ4v) is 4.89. The molecule has 4 aromatic rings. The number of rotatable bonds is 5. The van der Waals surface area contributed by atoms with Crippen LogP contribution in [0.2, 0.25) is 0 Å². The van der Waals surface area contributed by atoms with E-state index in [2.05, 4.69) is 0 Å². The molecular weight excluding hydrogens is 410 g/mol. The van der Waals surface area contributed by atoms with Crippen molar-refractivity contribution >= 4 is 28.2 Å². The third-order valence-corrected chi connectivity index (χ3v) is 6.55. The summed E-state index contributed by atoms with van der Waals surface area (Å²) in [6, 6.07) is 26.8. The number of Topliss-reactive ketones (excluding diaryl/α,β-unsaturated/α-hetero) is 1. The molecule has 0 unspecified atom stereocenters. The van der Waals surface area contributed by atoms with Gasteiger partial charge in [0.25, 0.3) is 5.91 Å². The van der Waals surface area contributed by atoms with Crippen molar-refractivity contribution in [3.8, 4) is 0 Å². The van der Waals surface area contributed by atoms with Crippen molar-refractivity contribution in [2.45, 2.75) is 32.4 Å². The van der Waals surface area contributed by atoms with Gasteiger partial charge >= 0.3 is 0 Å². The standard InChI is InChI=1S/C29H25NO3/c1-19-14-15-23(20(2)16-19)27(31)17-29(33)25-12-5-6-13-26(25)30(28(29)32)18-22-10-7-9-21-8-3-4-11-24(21)22/h3-16,33H,17-18H2,1-2H3/t29-/m1/s1. The van der Waals surface area contributed by atoms with Gasteiger partial charge in [-0.05, 0) is 41.8 Å². The van der Waals surface area contributed by atoms with Crippen LogP contribution in [0.4, 0.5) is 5.69 Å². The average Bonchev–Trinajstić information content (AvgIpc) is 3.01. The van der Waals surface area contributed by atoms with E-state index in [1.165, 1.54) is 0 Å². The highest BCUT2D eigenvalue weighted by Crippen LogP contribution is 2.44. The van der Waals surface area contributed by atoms with Crippen LogP contribution in [0, 0.1) is 13.8 Å². The molecule has 0 saturated heterocycles. The predicted molar refractivity (Wildman–Crippen MR) is 130 cm³/mol. The van der Waals surface area contributed by atoms with Crippen molar-refractivity contribution in [1.29, 1.82) is 0 Å². The molecule has 1 heterocycles. The van der Waals surface area contributed by atoms with Crippen molar-refractivity contribution in [3.05, 3.63) is 113 Å².